The Kier molecular flexibility index (Phi) is 7.01. The fourth-order valence-electron chi connectivity index (χ4n) is 1.83. The first-order chi connectivity index (χ1) is 10.0. The summed E-state index contributed by atoms with van der Waals surface area (Å²) in [5.74, 6) is -1.31. The molecular weight excluding hydrogens is 276 g/mol. The van der Waals surface area contributed by atoms with Gasteiger partial charge in [0.1, 0.15) is 6.73 Å². The number of aromatic carboxylic acids is 1. The van der Waals surface area contributed by atoms with Gasteiger partial charge in [0, 0.05) is 13.7 Å². The van der Waals surface area contributed by atoms with E-state index in [-0.39, 0.29) is 18.2 Å². The molecular formula is C14H24N2O5. The normalized spacial score (nSPS) is 10.8. The predicted octanol–water partition coefficient (Wildman–Crippen LogP) is 1.84. The molecule has 0 aromatic carbocycles. The summed E-state index contributed by atoms with van der Waals surface area (Å²) in [5, 5.41) is 9.33. The van der Waals surface area contributed by atoms with Crippen LogP contribution in [0.4, 0.5) is 0 Å². The topological polar surface area (TPSA) is 82.7 Å². The number of aromatic nitrogens is 2. The second-order valence-corrected chi connectivity index (χ2v) is 4.80. The molecule has 7 nitrogen and oxygen atoms in total. The monoisotopic (exact) mass is 300 g/mol. The first-order valence-electron chi connectivity index (χ1n) is 7.28. The van der Waals surface area contributed by atoms with Crippen LogP contribution in [0.3, 0.4) is 0 Å². The lowest BCUT2D eigenvalue weighted by molar-refractivity contribution is 0.0486. The first kappa shape index (κ1) is 17.3. The van der Waals surface area contributed by atoms with E-state index in [0.29, 0.717) is 13.2 Å². The summed E-state index contributed by atoms with van der Waals surface area (Å²) in [7, 11) is 1.50. The zero-order chi connectivity index (χ0) is 15.8. The van der Waals surface area contributed by atoms with Crippen molar-refractivity contribution in [1.29, 1.82) is 0 Å². The molecule has 0 atom stereocenters. The van der Waals surface area contributed by atoms with Crippen LogP contribution in [0, 0.1) is 0 Å². The van der Waals surface area contributed by atoms with Crippen molar-refractivity contribution in [3.05, 3.63) is 16.0 Å². The lowest BCUT2D eigenvalue weighted by Crippen LogP contribution is -2.22. The molecule has 1 N–H and O–H groups in total. The second kappa shape index (κ2) is 8.51. The van der Waals surface area contributed by atoms with Crippen LogP contribution in [0.25, 0.3) is 0 Å². The molecule has 1 aromatic rings. The Balaban J connectivity index is 2.98. The third-order valence-electron chi connectivity index (χ3n) is 3.13. The Morgan fingerprint density at radius 2 is 1.81 bits per heavy atom. The third-order valence-corrected chi connectivity index (χ3v) is 3.13. The molecule has 1 heterocycles. The van der Waals surface area contributed by atoms with Crippen molar-refractivity contribution in [1.82, 2.24) is 9.36 Å². The predicted molar refractivity (Wildman–Crippen MR) is 77.9 cm³/mol. The van der Waals surface area contributed by atoms with E-state index in [4.69, 9.17) is 9.47 Å². The van der Waals surface area contributed by atoms with Crippen LogP contribution in [0.15, 0.2) is 4.79 Å². The van der Waals surface area contributed by atoms with Gasteiger partial charge >= 0.3 is 11.5 Å². The number of carboxylic acids is 1. The van der Waals surface area contributed by atoms with Gasteiger partial charge in [0.15, 0.2) is 5.69 Å². The second-order valence-electron chi connectivity index (χ2n) is 4.80. The van der Waals surface area contributed by atoms with Crippen molar-refractivity contribution in [2.45, 2.75) is 46.3 Å². The van der Waals surface area contributed by atoms with Crippen LogP contribution in [0.5, 0.6) is 5.75 Å². The highest BCUT2D eigenvalue weighted by atomic mass is 16.5. The van der Waals surface area contributed by atoms with E-state index in [1.54, 1.807) is 0 Å². The van der Waals surface area contributed by atoms with Crippen molar-refractivity contribution >= 4 is 5.97 Å². The van der Waals surface area contributed by atoms with E-state index in [1.165, 1.54) is 16.4 Å². The molecule has 0 spiro atoms. The highest BCUT2D eigenvalue weighted by Crippen LogP contribution is 2.15. The van der Waals surface area contributed by atoms with Gasteiger partial charge in [-0.05, 0) is 12.8 Å². The van der Waals surface area contributed by atoms with Gasteiger partial charge in [0.25, 0.3) is 0 Å². The van der Waals surface area contributed by atoms with E-state index in [2.05, 4.69) is 0 Å². The van der Waals surface area contributed by atoms with Crippen LogP contribution in [-0.4, -0.2) is 33.7 Å². The molecule has 0 amide bonds. The summed E-state index contributed by atoms with van der Waals surface area (Å²) < 4.78 is 13.3. The average Bonchev–Trinajstić information content (AvgIpc) is 2.69. The smallest absolute Gasteiger partial charge is 0.358 e. The molecule has 0 unspecified atom stereocenters. The highest BCUT2D eigenvalue weighted by Gasteiger charge is 2.25. The van der Waals surface area contributed by atoms with Gasteiger partial charge in [-0.3, -0.25) is 4.79 Å². The number of unbranched alkanes of at least 4 members (excludes halogenated alkanes) is 2. The molecule has 0 bridgehead atoms. The van der Waals surface area contributed by atoms with Crippen molar-refractivity contribution in [3.63, 3.8) is 0 Å². The van der Waals surface area contributed by atoms with E-state index in [9.17, 15) is 14.7 Å². The lowest BCUT2D eigenvalue weighted by Gasteiger charge is -2.10. The largest absolute Gasteiger partial charge is 0.486 e. The molecule has 0 saturated carbocycles. The summed E-state index contributed by atoms with van der Waals surface area (Å²) in [5.41, 5.74) is -0.613. The van der Waals surface area contributed by atoms with Gasteiger partial charge in [-0.2, -0.15) is 0 Å². The van der Waals surface area contributed by atoms with Crippen LogP contribution < -0.4 is 10.3 Å². The molecule has 1 rings (SSSR count). The van der Waals surface area contributed by atoms with E-state index in [0.717, 1.165) is 25.7 Å². The molecule has 0 aliphatic heterocycles. The minimum Gasteiger partial charge on any atom is -0.486 e. The quantitative estimate of drug-likeness (QED) is 0.667. The molecule has 21 heavy (non-hydrogen) atoms. The Hall–Kier alpha value is -1.76. The molecule has 0 aliphatic rings. The van der Waals surface area contributed by atoms with Crippen molar-refractivity contribution in [2.24, 2.45) is 7.05 Å². The van der Waals surface area contributed by atoms with Crippen molar-refractivity contribution < 1.29 is 19.4 Å². The number of carboxylic acid groups (broad SMARTS) is 1. The summed E-state index contributed by atoms with van der Waals surface area (Å²) in [6.07, 6.45) is 3.54. The van der Waals surface area contributed by atoms with Crippen molar-refractivity contribution in [3.8, 4) is 5.75 Å². The number of nitrogens with zero attached hydrogens (tertiary/aromatic N) is 2. The zero-order valence-electron chi connectivity index (χ0n) is 12.9. The fraction of sp³-hybridized carbons (Fsp3) is 0.714. The zero-order valence-corrected chi connectivity index (χ0v) is 12.9. The van der Waals surface area contributed by atoms with Gasteiger partial charge in [0.2, 0.25) is 5.75 Å². The van der Waals surface area contributed by atoms with E-state index < -0.39 is 11.5 Å². The number of carbonyl (C=O) groups is 1. The minimum absolute atomic E-state index is 0.0184. The van der Waals surface area contributed by atoms with E-state index in [1.807, 2.05) is 13.8 Å². The molecule has 7 heteroatoms. The number of hydrogen-bond donors (Lipinski definition) is 1. The van der Waals surface area contributed by atoms with Crippen molar-refractivity contribution in [2.75, 3.05) is 13.2 Å². The first-order valence-corrected chi connectivity index (χ1v) is 7.28. The SMILES string of the molecule is CCCCOCn1c(C(=O)O)c(OCCCC)c(=O)n1C. The molecule has 0 saturated heterocycles. The Labute approximate surface area is 124 Å². The van der Waals surface area contributed by atoms with Crippen LogP contribution >= 0.6 is 0 Å². The number of hydrogen-bond acceptors (Lipinski definition) is 4. The Morgan fingerprint density at radius 3 is 2.38 bits per heavy atom. The third kappa shape index (κ3) is 4.35. The molecule has 120 valence electrons. The van der Waals surface area contributed by atoms with Gasteiger partial charge in [-0.1, -0.05) is 26.7 Å². The fourth-order valence-corrected chi connectivity index (χ4v) is 1.83. The number of rotatable bonds is 10. The maximum atomic E-state index is 12.1. The van der Waals surface area contributed by atoms with Gasteiger partial charge in [-0.15, -0.1) is 0 Å². The maximum absolute atomic E-state index is 12.1. The van der Waals surface area contributed by atoms with Gasteiger partial charge < -0.3 is 14.6 Å². The van der Waals surface area contributed by atoms with Crippen LogP contribution in [-0.2, 0) is 18.5 Å². The Morgan fingerprint density at radius 1 is 1.19 bits per heavy atom. The number of ether oxygens (including phenoxy) is 2. The molecule has 1 aromatic heterocycles. The van der Waals surface area contributed by atoms with Gasteiger partial charge in [0.05, 0.1) is 6.61 Å². The lowest BCUT2D eigenvalue weighted by atomic mass is 10.3. The molecule has 0 fully saturated rings. The minimum atomic E-state index is -1.20. The van der Waals surface area contributed by atoms with Crippen LogP contribution in [0.1, 0.15) is 50.0 Å². The Bertz CT molecular complexity index is 518. The molecule has 0 aliphatic carbocycles. The highest BCUT2D eigenvalue weighted by molar-refractivity contribution is 5.88. The summed E-state index contributed by atoms with van der Waals surface area (Å²) in [6.45, 7) is 4.90. The summed E-state index contributed by atoms with van der Waals surface area (Å²) in [6, 6.07) is 0. The van der Waals surface area contributed by atoms with Crippen LogP contribution in [0.2, 0.25) is 0 Å². The molecule has 0 radical (unpaired) electrons. The van der Waals surface area contributed by atoms with E-state index >= 15 is 0 Å². The standard InChI is InChI=1S/C14H24N2O5/c1-4-6-8-20-10-16-11(14(18)19)12(13(17)15(16)3)21-9-7-5-2/h4-10H2,1-3H3,(H,18,19). The summed E-state index contributed by atoms with van der Waals surface area (Å²) in [4.78, 5) is 23.5. The van der Waals surface area contributed by atoms with Gasteiger partial charge in [-0.25, -0.2) is 14.2 Å². The maximum Gasteiger partial charge on any atom is 0.358 e. The summed E-state index contributed by atoms with van der Waals surface area (Å²) >= 11 is 0. The average molecular weight is 300 g/mol.